The lowest BCUT2D eigenvalue weighted by atomic mass is 10.0. The Labute approximate surface area is 125 Å². The zero-order chi connectivity index (χ0) is 15.4. The Hall–Kier alpha value is -1.59. The fourth-order valence-corrected chi connectivity index (χ4v) is 3.39. The molecule has 2 aliphatic heterocycles. The molecular weight excluding hydrogens is 266 g/mol. The van der Waals surface area contributed by atoms with Gasteiger partial charge in [-0.05, 0) is 32.9 Å². The SMILES string of the molecule is CC1CN(c2ccc3c(c2)N(C)C(=O)C3N)CC(C)(C)O1. The average Bonchev–Trinajstić information content (AvgIpc) is 2.61. The number of likely N-dealkylation sites (N-methyl/N-ethyl adjacent to an activating group) is 1. The van der Waals surface area contributed by atoms with Crippen LogP contribution in [0.25, 0.3) is 0 Å². The van der Waals surface area contributed by atoms with E-state index in [1.807, 2.05) is 6.07 Å². The van der Waals surface area contributed by atoms with Crippen LogP contribution in [0, 0.1) is 0 Å². The number of hydrogen-bond donors (Lipinski definition) is 1. The Morgan fingerprint density at radius 1 is 1.38 bits per heavy atom. The van der Waals surface area contributed by atoms with E-state index in [0.29, 0.717) is 0 Å². The van der Waals surface area contributed by atoms with Gasteiger partial charge in [0.1, 0.15) is 6.04 Å². The fraction of sp³-hybridized carbons (Fsp3) is 0.562. The minimum absolute atomic E-state index is 0.0437. The molecule has 5 nitrogen and oxygen atoms in total. The van der Waals surface area contributed by atoms with Gasteiger partial charge in [-0.25, -0.2) is 0 Å². The third kappa shape index (κ3) is 2.40. The highest BCUT2D eigenvalue weighted by atomic mass is 16.5. The van der Waals surface area contributed by atoms with Crippen LogP contribution in [0.15, 0.2) is 18.2 Å². The van der Waals surface area contributed by atoms with Gasteiger partial charge in [-0.3, -0.25) is 4.79 Å². The summed E-state index contributed by atoms with van der Waals surface area (Å²) >= 11 is 0. The molecule has 1 amide bonds. The molecule has 5 heteroatoms. The van der Waals surface area contributed by atoms with Gasteiger partial charge in [-0.1, -0.05) is 6.07 Å². The summed E-state index contributed by atoms with van der Waals surface area (Å²) in [7, 11) is 1.78. The molecule has 0 radical (unpaired) electrons. The molecule has 2 atom stereocenters. The molecule has 114 valence electrons. The topological polar surface area (TPSA) is 58.8 Å². The van der Waals surface area contributed by atoms with Crippen molar-refractivity contribution >= 4 is 17.3 Å². The summed E-state index contributed by atoms with van der Waals surface area (Å²) < 4.78 is 5.95. The molecule has 0 spiro atoms. The molecule has 3 rings (SSSR count). The van der Waals surface area contributed by atoms with Gasteiger partial charge >= 0.3 is 0 Å². The molecule has 1 fully saturated rings. The summed E-state index contributed by atoms with van der Waals surface area (Å²) in [5, 5.41) is 0. The van der Waals surface area contributed by atoms with Crippen LogP contribution in [-0.4, -0.2) is 37.7 Å². The van der Waals surface area contributed by atoms with Crippen molar-refractivity contribution < 1.29 is 9.53 Å². The molecule has 1 saturated heterocycles. The zero-order valence-electron chi connectivity index (χ0n) is 13.1. The number of hydrogen-bond acceptors (Lipinski definition) is 4. The van der Waals surface area contributed by atoms with Gasteiger partial charge in [-0.15, -0.1) is 0 Å². The van der Waals surface area contributed by atoms with Crippen LogP contribution in [0.4, 0.5) is 11.4 Å². The number of rotatable bonds is 1. The van der Waals surface area contributed by atoms with Crippen molar-refractivity contribution in [3.05, 3.63) is 23.8 Å². The van der Waals surface area contributed by atoms with Crippen molar-refractivity contribution in [2.24, 2.45) is 5.73 Å². The van der Waals surface area contributed by atoms with Crippen LogP contribution in [0.2, 0.25) is 0 Å². The van der Waals surface area contributed by atoms with E-state index in [2.05, 4.69) is 37.8 Å². The van der Waals surface area contributed by atoms with Crippen LogP contribution >= 0.6 is 0 Å². The quantitative estimate of drug-likeness (QED) is 0.854. The first kappa shape index (κ1) is 14.4. The minimum atomic E-state index is -0.529. The number of anilines is 2. The van der Waals surface area contributed by atoms with E-state index in [4.69, 9.17) is 10.5 Å². The van der Waals surface area contributed by atoms with E-state index in [1.54, 1.807) is 11.9 Å². The summed E-state index contributed by atoms with van der Waals surface area (Å²) in [4.78, 5) is 15.9. The molecule has 2 heterocycles. The van der Waals surface area contributed by atoms with Gasteiger partial charge in [0.05, 0.1) is 17.4 Å². The number of carbonyl (C=O) groups excluding carboxylic acids is 1. The number of nitrogens with zero attached hydrogens (tertiary/aromatic N) is 2. The predicted octanol–water partition coefficient (Wildman–Crippen LogP) is 1.67. The molecule has 1 aromatic rings. The summed E-state index contributed by atoms with van der Waals surface area (Å²) in [6.07, 6.45) is 0.184. The monoisotopic (exact) mass is 289 g/mol. The number of amides is 1. The van der Waals surface area contributed by atoms with Crippen molar-refractivity contribution in [2.75, 3.05) is 29.9 Å². The van der Waals surface area contributed by atoms with E-state index >= 15 is 0 Å². The normalized spacial score (nSPS) is 28.0. The van der Waals surface area contributed by atoms with Gasteiger partial charge in [0.2, 0.25) is 5.91 Å². The summed E-state index contributed by atoms with van der Waals surface area (Å²) in [6.45, 7) is 7.99. The van der Waals surface area contributed by atoms with Gasteiger partial charge in [-0.2, -0.15) is 0 Å². The number of ether oxygens (including phenoxy) is 1. The Morgan fingerprint density at radius 2 is 2.10 bits per heavy atom. The molecule has 0 aromatic heterocycles. The Balaban J connectivity index is 1.93. The molecule has 2 aliphatic rings. The van der Waals surface area contributed by atoms with E-state index in [1.165, 1.54) is 0 Å². The first-order valence-electron chi connectivity index (χ1n) is 7.38. The second-order valence-electron chi connectivity index (χ2n) is 6.69. The van der Waals surface area contributed by atoms with Crippen molar-refractivity contribution in [1.82, 2.24) is 0 Å². The average molecular weight is 289 g/mol. The summed E-state index contributed by atoms with van der Waals surface area (Å²) in [5.74, 6) is -0.0437. The number of morpholine rings is 1. The zero-order valence-corrected chi connectivity index (χ0v) is 13.1. The lowest BCUT2D eigenvalue weighted by Gasteiger charge is -2.43. The van der Waals surface area contributed by atoms with E-state index in [-0.39, 0.29) is 17.6 Å². The van der Waals surface area contributed by atoms with E-state index in [9.17, 15) is 4.79 Å². The maximum Gasteiger partial charge on any atom is 0.248 e. The van der Waals surface area contributed by atoms with Gasteiger partial charge < -0.3 is 20.3 Å². The number of carbonyl (C=O) groups is 1. The van der Waals surface area contributed by atoms with Crippen molar-refractivity contribution in [1.29, 1.82) is 0 Å². The van der Waals surface area contributed by atoms with E-state index < -0.39 is 6.04 Å². The minimum Gasteiger partial charge on any atom is -0.369 e. The third-order valence-electron chi connectivity index (χ3n) is 4.24. The lowest BCUT2D eigenvalue weighted by Crippen LogP contribution is -2.52. The molecule has 0 aliphatic carbocycles. The standard InChI is InChI=1S/C16H23N3O2/c1-10-8-19(9-16(2,3)21-10)11-5-6-12-13(7-11)18(4)15(20)14(12)17/h5-7,10,14H,8-9,17H2,1-4H3. The summed E-state index contributed by atoms with van der Waals surface area (Å²) in [5.41, 5.74) is 8.72. The number of benzene rings is 1. The van der Waals surface area contributed by atoms with Crippen LogP contribution in [0.5, 0.6) is 0 Å². The van der Waals surface area contributed by atoms with Crippen molar-refractivity contribution in [3.8, 4) is 0 Å². The third-order valence-corrected chi connectivity index (χ3v) is 4.24. The van der Waals surface area contributed by atoms with Crippen LogP contribution < -0.4 is 15.5 Å². The number of nitrogens with two attached hydrogens (primary N) is 1. The molecule has 0 bridgehead atoms. The number of fused-ring (bicyclic) bond motifs is 1. The van der Waals surface area contributed by atoms with Crippen molar-refractivity contribution in [2.45, 2.75) is 38.5 Å². The Morgan fingerprint density at radius 3 is 2.76 bits per heavy atom. The van der Waals surface area contributed by atoms with Crippen LogP contribution in [0.3, 0.4) is 0 Å². The predicted molar refractivity (Wildman–Crippen MR) is 83.6 cm³/mol. The largest absolute Gasteiger partial charge is 0.369 e. The highest BCUT2D eigenvalue weighted by Gasteiger charge is 2.35. The molecule has 1 aromatic carbocycles. The maximum atomic E-state index is 12.0. The first-order valence-corrected chi connectivity index (χ1v) is 7.38. The van der Waals surface area contributed by atoms with Gasteiger partial charge in [0.25, 0.3) is 0 Å². The van der Waals surface area contributed by atoms with Gasteiger partial charge in [0, 0.05) is 31.4 Å². The second kappa shape index (κ2) is 4.71. The van der Waals surface area contributed by atoms with Crippen LogP contribution in [0.1, 0.15) is 32.4 Å². The molecule has 0 saturated carbocycles. The molecule has 2 unspecified atom stereocenters. The molecule has 21 heavy (non-hydrogen) atoms. The highest BCUT2D eigenvalue weighted by molar-refractivity contribution is 6.04. The second-order valence-corrected chi connectivity index (χ2v) is 6.69. The molecule has 2 N–H and O–H groups in total. The maximum absolute atomic E-state index is 12.0. The smallest absolute Gasteiger partial charge is 0.248 e. The Kier molecular flexibility index (Phi) is 3.22. The molecular formula is C16H23N3O2. The Bertz CT molecular complexity index is 585. The van der Waals surface area contributed by atoms with Crippen molar-refractivity contribution in [3.63, 3.8) is 0 Å². The highest BCUT2D eigenvalue weighted by Crippen LogP contribution is 2.37. The first-order chi connectivity index (χ1) is 9.78. The van der Waals surface area contributed by atoms with Crippen LogP contribution in [-0.2, 0) is 9.53 Å². The lowest BCUT2D eigenvalue weighted by molar-refractivity contribution is -0.118. The van der Waals surface area contributed by atoms with Gasteiger partial charge in [0.15, 0.2) is 0 Å². The summed E-state index contributed by atoms with van der Waals surface area (Å²) in [6, 6.07) is 5.57. The van der Waals surface area contributed by atoms with E-state index in [0.717, 1.165) is 30.0 Å². The fourth-order valence-electron chi connectivity index (χ4n) is 3.39.